The highest BCUT2D eigenvalue weighted by atomic mass is 35.5. The summed E-state index contributed by atoms with van der Waals surface area (Å²) in [4.78, 5) is 0. The molecule has 0 aliphatic heterocycles. The second-order valence-corrected chi connectivity index (χ2v) is 5.27. The predicted octanol–water partition coefficient (Wildman–Crippen LogP) is 4.31. The molecule has 0 fully saturated rings. The molecule has 0 aliphatic rings. The van der Waals surface area contributed by atoms with Crippen molar-refractivity contribution in [2.24, 2.45) is 5.73 Å². The summed E-state index contributed by atoms with van der Waals surface area (Å²) in [5.74, 6) is 0. The van der Waals surface area contributed by atoms with E-state index in [1.54, 1.807) is 0 Å². The molecule has 2 heteroatoms. The van der Waals surface area contributed by atoms with Crippen LogP contribution in [0.5, 0.6) is 0 Å². The molecule has 0 saturated heterocycles. The lowest BCUT2D eigenvalue weighted by atomic mass is 9.94. The van der Waals surface area contributed by atoms with E-state index in [0.717, 1.165) is 21.7 Å². The van der Waals surface area contributed by atoms with Crippen LogP contribution in [0.2, 0.25) is 5.02 Å². The highest BCUT2D eigenvalue weighted by Crippen LogP contribution is 2.29. The first-order valence-electron chi connectivity index (χ1n) is 6.08. The van der Waals surface area contributed by atoms with Crippen molar-refractivity contribution < 1.29 is 0 Å². The van der Waals surface area contributed by atoms with E-state index in [1.165, 1.54) is 11.1 Å². The molecule has 2 aromatic rings. The summed E-state index contributed by atoms with van der Waals surface area (Å²) in [6, 6.07) is 12.2. The van der Waals surface area contributed by atoms with Gasteiger partial charge in [-0.2, -0.15) is 0 Å². The number of hydrogen-bond donors (Lipinski definition) is 1. The lowest BCUT2D eigenvalue weighted by Gasteiger charge is -2.17. The third kappa shape index (κ3) is 2.58. The van der Waals surface area contributed by atoms with Gasteiger partial charge in [-0.15, -0.1) is 0 Å². The Labute approximate surface area is 114 Å². The van der Waals surface area contributed by atoms with Gasteiger partial charge in [0.2, 0.25) is 0 Å². The van der Waals surface area contributed by atoms with Crippen molar-refractivity contribution in [3.8, 4) is 0 Å². The van der Waals surface area contributed by atoms with Gasteiger partial charge in [-0.25, -0.2) is 0 Å². The standard InChI is InChI=1S/C16H18ClN/c1-10-4-6-13(12(3)8-10)16(18)14-7-5-11(2)9-15(14)17/h4-9,16H,18H2,1-3H3. The number of nitrogens with two attached hydrogens (primary N) is 1. The van der Waals surface area contributed by atoms with Crippen LogP contribution in [0.15, 0.2) is 36.4 Å². The van der Waals surface area contributed by atoms with Gasteiger partial charge in [0.15, 0.2) is 0 Å². The van der Waals surface area contributed by atoms with Crippen LogP contribution in [0, 0.1) is 20.8 Å². The van der Waals surface area contributed by atoms with Gasteiger partial charge in [0.05, 0.1) is 6.04 Å². The van der Waals surface area contributed by atoms with Gasteiger partial charge in [-0.1, -0.05) is 47.5 Å². The molecule has 0 radical (unpaired) electrons. The van der Waals surface area contributed by atoms with Gasteiger partial charge in [0, 0.05) is 5.02 Å². The van der Waals surface area contributed by atoms with Crippen molar-refractivity contribution >= 4 is 11.6 Å². The van der Waals surface area contributed by atoms with E-state index >= 15 is 0 Å². The van der Waals surface area contributed by atoms with Crippen molar-refractivity contribution in [2.45, 2.75) is 26.8 Å². The topological polar surface area (TPSA) is 26.0 Å². The average Bonchev–Trinajstić information content (AvgIpc) is 2.28. The first kappa shape index (κ1) is 13.1. The number of hydrogen-bond acceptors (Lipinski definition) is 1. The van der Waals surface area contributed by atoms with E-state index in [9.17, 15) is 0 Å². The van der Waals surface area contributed by atoms with E-state index in [1.807, 2.05) is 25.1 Å². The summed E-state index contributed by atoms with van der Waals surface area (Å²) >= 11 is 6.28. The molecule has 0 saturated carbocycles. The van der Waals surface area contributed by atoms with Gasteiger partial charge < -0.3 is 5.73 Å². The normalized spacial score (nSPS) is 12.5. The molecule has 0 heterocycles. The van der Waals surface area contributed by atoms with E-state index in [2.05, 4.69) is 32.0 Å². The van der Waals surface area contributed by atoms with Crippen molar-refractivity contribution in [3.05, 3.63) is 69.2 Å². The van der Waals surface area contributed by atoms with Gasteiger partial charge >= 0.3 is 0 Å². The first-order valence-corrected chi connectivity index (χ1v) is 6.45. The summed E-state index contributed by atoms with van der Waals surface area (Å²) in [6.45, 7) is 6.20. The summed E-state index contributed by atoms with van der Waals surface area (Å²) in [6.07, 6.45) is 0. The van der Waals surface area contributed by atoms with Crippen molar-refractivity contribution in [3.63, 3.8) is 0 Å². The van der Waals surface area contributed by atoms with Crippen LogP contribution in [0.3, 0.4) is 0 Å². The molecule has 0 bridgehead atoms. The lowest BCUT2D eigenvalue weighted by Crippen LogP contribution is -2.14. The van der Waals surface area contributed by atoms with E-state index in [0.29, 0.717) is 0 Å². The third-order valence-electron chi connectivity index (χ3n) is 3.25. The largest absolute Gasteiger partial charge is 0.320 e. The molecule has 18 heavy (non-hydrogen) atoms. The zero-order chi connectivity index (χ0) is 13.3. The summed E-state index contributed by atoms with van der Waals surface area (Å²) in [5, 5.41) is 0.738. The van der Waals surface area contributed by atoms with Gasteiger partial charge in [-0.05, 0) is 49.1 Å². The Balaban J connectivity index is 2.44. The molecule has 2 rings (SSSR count). The van der Waals surface area contributed by atoms with Crippen molar-refractivity contribution in [1.29, 1.82) is 0 Å². The number of rotatable bonds is 2. The zero-order valence-corrected chi connectivity index (χ0v) is 11.8. The maximum Gasteiger partial charge on any atom is 0.0569 e. The van der Waals surface area contributed by atoms with Gasteiger partial charge in [-0.3, -0.25) is 0 Å². The summed E-state index contributed by atoms with van der Waals surface area (Å²) in [5.41, 5.74) is 12.1. The zero-order valence-electron chi connectivity index (χ0n) is 11.0. The lowest BCUT2D eigenvalue weighted by molar-refractivity contribution is 0.860. The monoisotopic (exact) mass is 259 g/mol. The molecule has 0 spiro atoms. The number of benzene rings is 2. The summed E-state index contributed by atoms with van der Waals surface area (Å²) < 4.78 is 0. The Hall–Kier alpha value is -1.31. The summed E-state index contributed by atoms with van der Waals surface area (Å²) in [7, 11) is 0. The minimum Gasteiger partial charge on any atom is -0.320 e. The number of aryl methyl sites for hydroxylation is 3. The Morgan fingerprint density at radius 2 is 1.44 bits per heavy atom. The molecule has 2 N–H and O–H groups in total. The highest BCUT2D eigenvalue weighted by molar-refractivity contribution is 6.31. The fraction of sp³-hybridized carbons (Fsp3) is 0.250. The van der Waals surface area contributed by atoms with Crippen LogP contribution < -0.4 is 5.73 Å². The van der Waals surface area contributed by atoms with Crippen molar-refractivity contribution in [2.75, 3.05) is 0 Å². The second kappa shape index (κ2) is 5.13. The maximum atomic E-state index is 6.33. The van der Waals surface area contributed by atoms with Crippen LogP contribution in [-0.2, 0) is 0 Å². The highest BCUT2D eigenvalue weighted by Gasteiger charge is 2.14. The fourth-order valence-corrected chi connectivity index (χ4v) is 2.58. The Morgan fingerprint density at radius 3 is 2.00 bits per heavy atom. The van der Waals surface area contributed by atoms with E-state index in [4.69, 9.17) is 17.3 Å². The van der Waals surface area contributed by atoms with E-state index < -0.39 is 0 Å². The molecule has 1 atom stereocenters. The molecule has 0 aromatic heterocycles. The fourth-order valence-electron chi connectivity index (χ4n) is 2.23. The number of halogens is 1. The van der Waals surface area contributed by atoms with Gasteiger partial charge in [0.25, 0.3) is 0 Å². The smallest absolute Gasteiger partial charge is 0.0569 e. The molecular weight excluding hydrogens is 242 g/mol. The minimum atomic E-state index is -0.168. The maximum absolute atomic E-state index is 6.33. The Kier molecular flexibility index (Phi) is 3.74. The molecule has 2 aromatic carbocycles. The molecule has 0 amide bonds. The second-order valence-electron chi connectivity index (χ2n) is 4.86. The Morgan fingerprint density at radius 1 is 0.889 bits per heavy atom. The van der Waals surface area contributed by atoms with Crippen LogP contribution in [0.25, 0.3) is 0 Å². The molecule has 94 valence electrons. The quantitative estimate of drug-likeness (QED) is 0.854. The molecular formula is C16H18ClN. The predicted molar refractivity (Wildman–Crippen MR) is 78.1 cm³/mol. The molecule has 1 unspecified atom stereocenters. The molecule has 0 aliphatic carbocycles. The first-order chi connectivity index (χ1) is 8.49. The SMILES string of the molecule is Cc1ccc(C(N)c2ccc(C)cc2Cl)c(C)c1. The minimum absolute atomic E-state index is 0.168. The third-order valence-corrected chi connectivity index (χ3v) is 3.58. The molecule has 1 nitrogen and oxygen atoms in total. The van der Waals surface area contributed by atoms with Crippen LogP contribution in [0.4, 0.5) is 0 Å². The van der Waals surface area contributed by atoms with E-state index in [-0.39, 0.29) is 6.04 Å². The van der Waals surface area contributed by atoms with Gasteiger partial charge in [0.1, 0.15) is 0 Å². The Bertz CT molecular complexity index is 524. The average molecular weight is 260 g/mol. The van der Waals surface area contributed by atoms with Crippen LogP contribution in [-0.4, -0.2) is 0 Å². The van der Waals surface area contributed by atoms with Crippen LogP contribution >= 0.6 is 11.6 Å². The van der Waals surface area contributed by atoms with Crippen LogP contribution in [0.1, 0.15) is 33.9 Å². The van der Waals surface area contributed by atoms with Crippen molar-refractivity contribution in [1.82, 2.24) is 0 Å².